The number of H-pyrrole nitrogens is 1. The largest absolute Gasteiger partial charge is 0.483 e. The van der Waals surface area contributed by atoms with Gasteiger partial charge in [-0.3, -0.25) is 4.79 Å². The highest BCUT2D eigenvalue weighted by Gasteiger charge is 2.23. The number of aromatic amines is 1. The van der Waals surface area contributed by atoms with E-state index < -0.39 is 5.91 Å². The molecule has 102 valence electrons. The molecule has 0 aliphatic carbocycles. The molecule has 6 nitrogen and oxygen atoms in total. The molecule has 0 fully saturated rings. The highest BCUT2D eigenvalue weighted by molar-refractivity contribution is 5.96. The molecule has 0 bridgehead atoms. The number of nitrogens with two attached hydrogens (primary N) is 1. The first-order chi connectivity index (χ1) is 9.46. The molecule has 1 aliphatic heterocycles. The number of primary amides is 1. The van der Waals surface area contributed by atoms with Gasteiger partial charge >= 0.3 is 0 Å². The zero-order chi connectivity index (χ0) is 14.3. The molecular formula is C14H14N4O2. The SMILES string of the molecule is CC1(C)C=Cc2cc(-c3n[nH]nc3C(N)=O)ccc2O1. The van der Waals surface area contributed by atoms with Gasteiger partial charge in [-0.25, -0.2) is 0 Å². The van der Waals surface area contributed by atoms with E-state index >= 15 is 0 Å². The average Bonchev–Trinajstić information content (AvgIpc) is 2.86. The summed E-state index contributed by atoms with van der Waals surface area (Å²) in [5.41, 5.74) is 7.22. The molecule has 1 aromatic carbocycles. The molecule has 0 saturated carbocycles. The molecule has 0 saturated heterocycles. The van der Waals surface area contributed by atoms with Gasteiger partial charge in [0.05, 0.1) is 0 Å². The normalized spacial score (nSPS) is 15.5. The molecule has 1 aliphatic rings. The number of carbonyl (C=O) groups is 1. The molecule has 2 heterocycles. The third kappa shape index (κ3) is 2.05. The summed E-state index contributed by atoms with van der Waals surface area (Å²) in [7, 11) is 0. The lowest BCUT2D eigenvalue weighted by Gasteiger charge is -2.27. The smallest absolute Gasteiger partial charge is 0.271 e. The fourth-order valence-corrected chi connectivity index (χ4v) is 2.13. The number of ether oxygens (including phenoxy) is 1. The summed E-state index contributed by atoms with van der Waals surface area (Å²) < 4.78 is 5.85. The minimum Gasteiger partial charge on any atom is -0.483 e. The summed E-state index contributed by atoms with van der Waals surface area (Å²) >= 11 is 0. The van der Waals surface area contributed by atoms with Crippen molar-refractivity contribution in [3.8, 4) is 17.0 Å². The molecule has 0 atom stereocenters. The molecular weight excluding hydrogens is 256 g/mol. The highest BCUT2D eigenvalue weighted by atomic mass is 16.5. The number of amides is 1. The Labute approximate surface area is 115 Å². The van der Waals surface area contributed by atoms with E-state index in [9.17, 15) is 4.79 Å². The number of nitrogens with zero attached hydrogens (tertiary/aromatic N) is 2. The first kappa shape index (κ1) is 12.4. The van der Waals surface area contributed by atoms with Crippen LogP contribution >= 0.6 is 0 Å². The highest BCUT2D eigenvalue weighted by Crippen LogP contribution is 2.33. The molecule has 1 amide bonds. The van der Waals surface area contributed by atoms with Crippen LogP contribution in [-0.4, -0.2) is 26.9 Å². The summed E-state index contributed by atoms with van der Waals surface area (Å²) in [6.45, 7) is 3.98. The van der Waals surface area contributed by atoms with Crippen LogP contribution in [0.15, 0.2) is 24.3 Å². The van der Waals surface area contributed by atoms with E-state index in [1.807, 2.05) is 44.2 Å². The van der Waals surface area contributed by atoms with Gasteiger partial charge in [-0.1, -0.05) is 6.08 Å². The monoisotopic (exact) mass is 270 g/mol. The molecule has 6 heteroatoms. The van der Waals surface area contributed by atoms with Gasteiger partial charge in [0.15, 0.2) is 5.69 Å². The second-order valence-electron chi connectivity index (χ2n) is 5.18. The van der Waals surface area contributed by atoms with E-state index in [0.29, 0.717) is 5.69 Å². The first-order valence-electron chi connectivity index (χ1n) is 6.19. The standard InChI is InChI=1S/C14H14N4O2/c1-14(2)6-5-8-7-9(3-4-10(8)20-14)11-12(13(15)19)17-18-16-11/h3-7H,1-2H3,(H2,15,19)(H,16,17,18). The first-order valence-corrected chi connectivity index (χ1v) is 6.19. The number of aromatic nitrogens is 3. The van der Waals surface area contributed by atoms with Crippen LogP contribution in [0.1, 0.15) is 29.9 Å². The Morgan fingerprint density at radius 3 is 2.90 bits per heavy atom. The summed E-state index contributed by atoms with van der Waals surface area (Å²) in [5, 5.41) is 10.2. The lowest BCUT2D eigenvalue weighted by molar-refractivity contribution is 0.0996. The van der Waals surface area contributed by atoms with Gasteiger partial charge in [-0.05, 0) is 38.1 Å². The van der Waals surface area contributed by atoms with Gasteiger partial charge in [-0.15, -0.1) is 0 Å². The van der Waals surface area contributed by atoms with Crippen molar-refractivity contribution >= 4 is 12.0 Å². The van der Waals surface area contributed by atoms with Crippen LogP contribution in [-0.2, 0) is 0 Å². The maximum atomic E-state index is 11.3. The van der Waals surface area contributed by atoms with Crippen LogP contribution in [0, 0.1) is 0 Å². The second-order valence-corrected chi connectivity index (χ2v) is 5.18. The summed E-state index contributed by atoms with van der Waals surface area (Å²) in [4.78, 5) is 11.3. The lowest BCUT2D eigenvalue weighted by atomic mass is 9.99. The van der Waals surface area contributed by atoms with Crippen molar-refractivity contribution in [2.45, 2.75) is 19.4 Å². The molecule has 3 N–H and O–H groups in total. The Kier molecular flexibility index (Phi) is 2.60. The van der Waals surface area contributed by atoms with Crippen molar-refractivity contribution in [2.75, 3.05) is 0 Å². The summed E-state index contributed by atoms with van der Waals surface area (Å²) in [5.74, 6) is 0.185. The van der Waals surface area contributed by atoms with Crippen molar-refractivity contribution in [3.63, 3.8) is 0 Å². The second kappa shape index (κ2) is 4.19. The summed E-state index contributed by atoms with van der Waals surface area (Å²) in [6, 6.07) is 5.58. The Bertz CT molecular complexity index is 716. The summed E-state index contributed by atoms with van der Waals surface area (Å²) in [6.07, 6.45) is 3.98. The zero-order valence-electron chi connectivity index (χ0n) is 11.2. The lowest BCUT2D eigenvalue weighted by Crippen LogP contribution is -2.27. The number of carbonyl (C=O) groups excluding carboxylic acids is 1. The van der Waals surface area contributed by atoms with Crippen LogP contribution in [0.25, 0.3) is 17.3 Å². The van der Waals surface area contributed by atoms with Gasteiger partial charge in [0.25, 0.3) is 5.91 Å². The van der Waals surface area contributed by atoms with Gasteiger partial charge in [0.2, 0.25) is 0 Å². The third-order valence-electron chi connectivity index (χ3n) is 3.10. The predicted molar refractivity (Wildman–Crippen MR) is 74.1 cm³/mol. The quantitative estimate of drug-likeness (QED) is 0.869. The van der Waals surface area contributed by atoms with Crippen LogP contribution in [0.3, 0.4) is 0 Å². The fourth-order valence-electron chi connectivity index (χ4n) is 2.13. The average molecular weight is 270 g/mol. The van der Waals surface area contributed by atoms with E-state index in [1.165, 1.54) is 0 Å². The van der Waals surface area contributed by atoms with Gasteiger partial charge in [-0.2, -0.15) is 15.4 Å². The Hall–Kier alpha value is -2.63. The van der Waals surface area contributed by atoms with E-state index in [0.717, 1.165) is 16.9 Å². The van der Waals surface area contributed by atoms with Crippen molar-refractivity contribution in [1.82, 2.24) is 15.4 Å². The van der Waals surface area contributed by atoms with Crippen molar-refractivity contribution in [1.29, 1.82) is 0 Å². The molecule has 2 aromatic rings. The minimum absolute atomic E-state index is 0.131. The van der Waals surface area contributed by atoms with Gasteiger partial charge in [0.1, 0.15) is 17.0 Å². The van der Waals surface area contributed by atoms with Gasteiger partial charge in [0, 0.05) is 11.1 Å². The molecule has 0 spiro atoms. The molecule has 0 radical (unpaired) electrons. The van der Waals surface area contributed by atoms with Crippen molar-refractivity contribution < 1.29 is 9.53 Å². The number of rotatable bonds is 2. The van der Waals surface area contributed by atoms with Crippen molar-refractivity contribution in [3.05, 3.63) is 35.5 Å². The van der Waals surface area contributed by atoms with E-state index in [2.05, 4.69) is 15.4 Å². The molecule has 0 unspecified atom stereocenters. The van der Waals surface area contributed by atoms with Crippen LogP contribution < -0.4 is 10.5 Å². The Morgan fingerprint density at radius 2 is 2.15 bits per heavy atom. The number of benzene rings is 1. The van der Waals surface area contributed by atoms with E-state index in [1.54, 1.807) is 0 Å². The number of fused-ring (bicyclic) bond motifs is 1. The van der Waals surface area contributed by atoms with Crippen LogP contribution in [0.2, 0.25) is 0 Å². The van der Waals surface area contributed by atoms with E-state index in [4.69, 9.17) is 10.5 Å². The molecule has 3 rings (SSSR count). The van der Waals surface area contributed by atoms with Crippen LogP contribution in [0.4, 0.5) is 0 Å². The number of nitrogens with one attached hydrogen (secondary N) is 1. The van der Waals surface area contributed by atoms with E-state index in [-0.39, 0.29) is 11.3 Å². The molecule has 1 aromatic heterocycles. The maximum Gasteiger partial charge on any atom is 0.271 e. The van der Waals surface area contributed by atoms with Gasteiger partial charge < -0.3 is 10.5 Å². The molecule has 20 heavy (non-hydrogen) atoms. The Balaban J connectivity index is 2.06. The Morgan fingerprint density at radius 1 is 1.35 bits per heavy atom. The zero-order valence-corrected chi connectivity index (χ0v) is 11.2. The topological polar surface area (TPSA) is 93.9 Å². The maximum absolute atomic E-state index is 11.3. The predicted octanol–water partition coefficient (Wildman–Crippen LogP) is 1.75. The minimum atomic E-state index is -0.612. The fraction of sp³-hybridized carbons (Fsp3) is 0.214. The number of hydrogen-bond donors (Lipinski definition) is 2. The third-order valence-corrected chi connectivity index (χ3v) is 3.10. The number of hydrogen-bond acceptors (Lipinski definition) is 4. The van der Waals surface area contributed by atoms with Crippen LogP contribution in [0.5, 0.6) is 5.75 Å². The van der Waals surface area contributed by atoms with Crippen molar-refractivity contribution in [2.24, 2.45) is 5.73 Å².